The van der Waals surface area contributed by atoms with Crippen molar-refractivity contribution in [2.45, 2.75) is 58.3 Å². The summed E-state index contributed by atoms with van der Waals surface area (Å²) in [5.41, 5.74) is 8.07. The third-order valence-corrected chi connectivity index (χ3v) is 3.91. The molecule has 1 aliphatic rings. The van der Waals surface area contributed by atoms with Crippen LogP contribution in [-0.2, 0) is 13.1 Å². The summed E-state index contributed by atoms with van der Waals surface area (Å²) in [5, 5.41) is 0. The average molecular weight is 233 g/mol. The van der Waals surface area contributed by atoms with Crippen LogP contribution < -0.4 is 5.73 Å². The molecule has 0 saturated carbocycles. The minimum atomic E-state index is 0.534. The highest BCUT2D eigenvalue weighted by atomic mass is 15.2. The van der Waals surface area contributed by atoms with Crippen molar-refractivity contribution in [2.24, 2.45) is 5.73 Å². The SMILES string of the molecule is CC1CCCC(C)N1Cc1cccnc1CN. The summed E-state index contributed by atoms with van der Waals surface area (Å²) in [5.74, 6) is 0. The topological polar surface area (TPSA) is 42.2 Å². The second-order valence-corrected chi connectivity index (χ2v) is 5.11. The molecule has 3 nitrogen and oxygen atoms in total. The molecular weight excluding hydrogens is 210 g/mol. The zero-order valence-corrected chi connectivity index (χ0v) is 10.9. The summed E-state index contributed by atoms with van der Waals surface area (Å²) in [4.78, 5) is 6.94. The summed E-state index contributed by atoms with van der Waals surface area (Å²) in [6.07, 6.45) is 5.80. The molecule has 0 bridgehead atoms. The first-order valence-corrected chi connectivity index (χ1v) is 6.61. The number of nitrogens with two attached hydrogens (primary N) is 1. The van der Waals surface area contributed by atoms with Crippen molar-refractivity contribution < 1.29 is 0 Å². The predicted octanol–water partition coefficient (Wildman–Crippen LogP) is 2.30. The monoisotopic (exact) mass is 233 g/mol. The van der Waals surface area contributed by atoms with Gasteiger partial charge in [0.25, 0.3) is 0 Å². The van der Waals surface area contributed by atoms with Crippen LogP contribution >= 0.6 is 0 Å². The van der Waals surface area contributed by atoms with E-state index in [-0.39, 0.29) is 0 Å². The maximum absolute atomic E-state index is 5.74. The number of piperidine rings is 1. The molecule has 0 radical (unpaired) electrons. The zero-order valence-electron chi connectivity index (χ0n) is 10.9. The molecular formula is C14H23N3. The second-order valence-electron chi connectivity index (χ2n) is 5.11. The zero-order chi connectivity index (χ0) is 12.3. The summed E-state index contributed by atoms with van der Waals surface area (Å²) < 4.78 is 0. The van der Waals surface area contributed by atoms with Crippen molar-refractivity contribution in [3.05, 3.63) is 29.6 Å². The molecule has 1 aromatic rings. The Morgan fingerprint density at radius 2 is 2.06 bits per heavy atom. The Hall–Kier alpha value is -0.930. The Labute approximate surface area is 104 Å². The van der Waals surface area contributed by atoms with E-state index in [1.54, 1.807) is 0 Å². The average Bonchev–Trinajstić information content (AvgIpc) is 2.34. The quantitative estimate of drug-likeness (QED) is 0.871. The van der Waals surface area contributed by atoms with Crippen molar-refractivity contribution in [2.75, 3.05) is 0 Å². The van der Waals surface area contributed by atoms with Crippen LogP contribution in [0, 0.1) is 0 Å². The molecule has 0 aromatic carbocycles. The van der Waals surface area contributed by atoms with Gasteiger partial charge in [0.05, 0.1) is 5.69 Å². The Morgan fingerprint density at radius 3 is 2.71 bits per heavy atom. The standard InChI is InChI=1S/C14H23N3/c1-11-5-3-6-12(2)17(11)10-13-7-4-8-16-14(13)9-15/h4,7-8,11-12H,3,5-6,9-10,15H2,1-2H3. The molecule has 0 spiro atoms. The van der Waals surface area contributed by atoms with Gasteiger partial charge in [-0.05, 0) is 38.3 Å². The molecule has 1 saturated heterocycles. The van der Waals surface area contributed by atoms with Gasteiger partial charge in [0.1, 0.15) is 0 Å². The number of rotatable bonds is 3. The molecule has 2 unspecified atom stereocenters. The molecule has 0 amide bonds. The third-order valence-electron chi connectivity index (χ3n) is 3.91. The molecule has 2 heterocycles. The van der Waals surface area contributed by atoms with Crippen LogP contribution in [0.4, 0.5) is 0 Å². The molecule has 1 aliphatic heterocycles. The Morgan fingerprint density at radius 1 is 1.35 bits per heavy atom. The van der Waals surface area contributed by atoms with Crippen LogP contribution in [0.2, 0.25) is 0 Å². The number of pyridine rings is 1. The predicted molar refractivity (Wildman–Crippen MR) is 70.4 cm³/mol. The van der Waals surface area contributed by atoms with Crippen molar-refractivity contribution in [3.63, 3.8) is 0 Å². The number of aromatic nitrogens is 1. The smallest absolute Gasteiger partial charge is 0.0584 e. The van der Waals surface area contributed by atoms with Gasteiger partial charge in [-0.25, -0.2) is 0 Å². The fraction of sp³-hybridized carbons (Fsp3) is 0.643. The van der Waals surface area contributed by atoms with Gasteiger partial charge in [0.15, 0.2) is 0 Å². The van der Waals surface area contributed by atoms with E-state index in [9.17, 15) is 0 Å². The number of hydrogen-bond acceptors (Lipinski definition) is 3. The van der Waals surface area contributed by atoms with E-state index in [2.05, 4.69) is 29.8 Å². The summed E-state index contributed by atoms with van der Waals surface area (Å²) in [6.45, 7) is 6.18. The maximum atomic E-state index is 5.74. The summed E-state index contributed by atoms with van der Waals surface area (Å²) in [7, 11) is 0. The Bertz CT molecular complexity index is 354. The van der Waals surface area contributed by atoms with Crippen LogP contribution in [0.25, 0.3) is 0 Å². The van der Waals surface area contributed by atoms with E-state index in [1.807, 2.05) is 12.3 Å². The summed E-state index contributed by atoms with van der Waals surface area (Å²) >= 11 is 0. The highest BCUT2D eigenvalue weighted by molar-refractivity contribution is 5.19. The first kappa shape index (κ1) is 12.5. The Balaban J connectivity index is 2.13. The Kier molecular flexibility index (Phi) is 4.13. The van der Waals surface area contributed by atoms with E-state index >= 15 is 0 Å². The minimum Gasteiger partial charge on any atom is -0.325 e. The molecule has 1 aromatic heterocycles. The minimum absolute atomic E-state index is 0.534. The van der Waals surface area contributed by atoms with Gasteiger partial charge < -0.3 is 5.73 Å². The molecule has 0 aliphatic carbocycles. The van der Waals surface area contributed by atoms with Crippen LogP contribution in [0.15, 0.2) is 18.3 Å². The van der Waals surface area contributed by atoms with Crippen molar-refractivity contribution in [1.82, 2.24) is 9.88 Å². The molecule has 3 heteroatoms. The highest BCUT2D eigenvalue weighted by Gasteiger charge is 2.25. The number of nitrogens with zero attached hydrogens (tertiary/aromatic N) is 2. The largest absolute Gasteiger partial charge is 0.325 e. The molecule has 94 valence electrons. The second kappa shape index (κ2) is 5.61. The van der Waals surface area contributed by atoms with Gasteiger partial charge in [0.2, 0.25) is 0 Å². The molecule has 1 fully saturated rings. The van der Waals surface area contributed by atoms with E-state index < -0.39 is 0 Å². The molecule has 2 N–H and O–H groups in total. The van der Waals surface area contributed by atoms with Crippen LogP contribution in [0.5, 0.6) is 0 Å². The van der Waals surface area contributed by atoms with Crippen LogP contribution in [0.1, 0.15) is 44.4 Å². The fourth-order valence-electron chi connectivity index (χ4n) is 2.78. The highest BCUT2D eigenvalue weighted by Crippen LogP contribution is 2.24. The van der Waals surface area contributed by atoms with Crippen LogP contribution in [0.3, 0.4) is 0 Å². The van der Waals surface area contributed by atoms with Gasteiger partial charge >= 0.3 is 0 Å². The van der Waals surface area contributed by atoms with Crippen molar-refractivity contribution in [3.8, 4) is 0 Å². The lowest BCUT2D eigenvalue weighted by atomic mass is 9.96. The lowest BCUT2D eigenvalue weighted by Gasteiger charge is -2.39. The number of likely N-dealkylation sites (tertiary alicyclic amines) is 1. The molecule has 2 atom stereocenters. The van der Waals surface area contributed by atoms with Gasteiger partial charge in [-0.2, -0.15) is 0 Å². The van der Waals surface area contributed by atoms with Gasteiger partial charge in [-0.15, -0.1) is 0 Å². The van der Waals surface area contributed by atoms with Crippen molar-refractivity contribution >= 4 is 0 Å². The third kappa shape index (κ3) is 2.85. The first-order chi connectivity index (χ1) is 8.22. The summed E-state index contributed by atoms with van der Waals surface area (Å²) in [6, 6.07) is 5.51. The molecule has 17 heavy (non-hydrogen) atoms. The lowest BCUT2D eigenvalue weighted by Crippen LogP contribution is -2.43. The first-order valence-electron chi connectivity index (χ1n) is 6.61. The van der Waals surface area contributed by atoms with E-state index in [1.165, 1.54) is 24.8 Å². The molecule has 2 rings (SSSR count). The van der Waals surface area contributed by atoms with Gasteiger partial charge in [-0.1, -0.05) is 12.5 Å². The van der Waals surface area contributed by atoms with E-state index in [0.29, 0.717) is 18.6 Å². The van der Waals surface area contributed by atoms with Crippen molar-refractivity contribution in [1.29, 1.82) is 0 Å². The normalized spacial score (nSPS) is 26.1. The lowest BCUT2D eigenvalue weighted by molar-refractivity contribution is 0.0948. The maximum Gasteiger partial charge on any atom is 0.0584 e. The van der Waals surface area contributed by atoms with Gasteiger partial charge in [0, 0.05) is 31.4 Å². The van der Waals surface area contributed by atoms with Gasteiger partial charge in [-0.3, -0.25) is 9.88 Å². The number of hydrogen-bond donors (Lipinski definition) is 1. The van der Waals surface area contributed by atoms with E-state index in [0.717, 1.165) is 12.2 Å². The van der Waals surface area contributed by atoms with E-state index in [4.69, 9.17) is 5.73 Å². The van der Waals surface area contributed by atoms with Crippen LogP contribution in [-0.4, -0.2) is 22.0 Å². The fourth-order valence-corrected chi connectivity index (χ4v) is 2.78.